The van der Waals surface area contributed by atoms with Gasteiger partial charge in [0.15, 0.2) is 0 Å². The van der Waals surface area contributed by atoms with Gasteiger partial charge in [-0.25, -0.2) is 9.98 Å². The van der Waals surface area contributed by atoms with E-state index >= 15 is 0 Å². The number of nitrogens with zero attached hydrogens (tertiary/aromatic N) is 4. The molecule has 0 unspecified atom stereocenters. The van der Waals surface area contributed by atoms with E-state index in [2.05, 4.69) is 58.2 Å². The van der Waals surface area contributed by atoms with Crippen LogP contribution in [0.25, 0.3) is 0 Å². The van der Waals surface area contributed by atoms with Crippen molar-refractivity contribution in [2.75, 3.05) is 19.7 Å². The molecule has 1 saturated heterocycles. The number of aliphatic imine (C=N–C) groups is 1. The molecule has 0 spiro atoms. The maximum atomic E-state index is 5.96. The van der Waals surface area contributed by atoms with Crippen LogP contribution in [0.3, 0.4) is 0 Å². The van der Waals surface area contributed by atoms with Crippen molar-refractivity contribution < 1.29 is 60.6 Å². The Kier molecular flexibility index (Phi) is 6.93. The van der Waals surface area contributed by atoms with Crippen molar-refractivity contribution in [3.63, 3.8) is 0 Å². The zero-order valence-corrected chi connectivity index (χ0v) is 20.6. The first-order valence-corrected chi connectivity index (χ1v) is 9.96. The number of hydrogen-bond acceptors (Lipinski definition) is 7. The Labute approximate surface area is 219 Å². The molecule has 1 aromatic heterocycles. The Balaban J connectivity index is 0.00000218. The predicted octanol–water partition coefficient (Wildman–Crippen LogP) is 0.0712. The van der Waals surface area contributed by atoms with E-state index in [1.165, 1.54) is 16.7 Å². The minimum absolute atomic E-state index is 0. The predicted molar refractivity (Wildman–Crippen MR) is 109 cm³/mol. The minimum Gasteiger partial charge on any atom is -0.405 e. The van der Waals surface area contributed by atoms with Gasteiger partial charge >= 0.3 is 51.4 Å². The largest absolute Gasteiger partial charge is 1.00 e. The van der Waals surface area contributed by atoms with Crippen LogP contribution in [0.1, 0.15) is 41.8 Å². The molecule has 5 rings (SSSR count). The van der Waals surface area contributed by atoms with Crippen LogP contribution in [-0.2, 0) is 11.3 Å². The molecule has 3 aliphatic rings. The Morgan fingerprint density at radius 3 is 2.97 bits per heavy atom. The van der Waals surface area contributed by atoms with Crippen LogP contribution in [0.5, 0.6) is 0 Å². The summed E-state index contributed by atoms with van der Waals surface area (Å²) in [4.78, 5) is 11.1. The molecular formula is C22H24KN5O2. The minimum atomic E-state index is 0. The van der Waals surface area contributed by atoms with Crippen molar-refractivity contribution in [2.45, 2.75) is 32.4 Å². The summed E-state index contributed by atoms with van der Waals surface area (Å²) in [5, 5.41) is 7.52. The van der Waals surface area contributed by atoms with Gasteiger partial charge in [-0.2, -0.15) is 0 Å². The van der Waals surface area contributed by atoms with Crippen molar-refractivity contribution >= 4 is 6.34 Å². The molecule has 1 N–H and O–H groups in total. The SMILES string of the molecule is C=C1C2=C(CNCC2)N=CN1Cc1nc([C-]2CO[C@@H](c3ccc(C)cc3)C2)no1.[K+]. The second-order valence-electron chi connectivity index (χ2n) is 7.70. The fourth-order valence-corrected chi connectivity index (χ4v) is 3.93. The number of nitrogens with one attached hydrogen (secondary N) is 1. The van der Waals surface area contributed by atoms with Crippen molar-refractivity contribution in [1.82, 2.24) is 20.4 Å². The molecule has 8 heteroatoms. The summed E-state index contributed by atoms with van der Waals surface area (Å²) in [6.45, 7) is 9.07. The number of ether oxygens (including phenoxy) is 1. The molecule has 4 heterocycles. The average molecular weight is 430 g/mol. The van der Waals surface area contributed by atoms with Crippen LogP contribution in [0, 0.1) is 12.8 Å². The smallest absolute Gasteiger partial charge is 0.405 e. The molecular weight excluding hydrogens is 405 g/mol. The van der Waals surface area contributed by atoms with Gasteiger partial charge in [0.25, 0.3) is 0 Å². The molecule has 1 aromatic carbocycles. The number of hydrogen-bond donors (Lipinski definition) is 1. The summed E-state index contributed by atoms with van der Waals surface area (Å²) in [5.74, 6) is 2.26. The standard InChI is InChI=1S/C22H24N5O2.K/c1-14-3-5-16(6-4-14)20-9-17(12-28-20)22-25-21(29-26-22)11-27-13-24-19-10-23-8-7-18(19)15(27)2;/h3-6,13,20,23H,2,7-12H2,1H3;/q-1;+1/t20-;/m1./s1. The van der Waals surface area contributed by atoms with Gasteiger partial charge in [0.1, 0.15) is 6.54 Å². The molecule has 2 aromatic rings. The Morgan fingerprint density at radius 2 is 2.13 bits per heavy atom. The first kappa shape index (κ1) is 21.9. The number of allylic oxidation sites excluding steroid dienone is 1. The first-order chi connectivity index (χ1) is 14.2. The van der Waals surface area contributed by atoms with E-state index in [-0.39, 0.29) is 57.5 Å². The molecule has 0 saturated carbocycles. The molecule has 3 aliphatic heterocycles. The van der Waals surface area contributed by atoms with Crippen LogP contribution >= 0.6 is 0 Å². The molecule has 7 nitrogen and oxygen atoms in total. The second-order valence-corrected chi connectivity index (χ2v) is 7.70. The number of aryl methyl sites for hydroxylation is 1. The van der Waals surface area contributed by atoms with E-state index in [4.69, 9.17) is 9.26 Å². The fourth-order valence-electron chi connectivity index (χ4n) is 3.93. The van der Waals surface area contributed by atoms with Crippen molar-refractivity contribution in [2.24, 2.45) is 4.99 Å². The Bertz CT molecular complexity index is 982. The van der Waals surface area contributed by atoms with Gasteiger partial charge in [0.05, 0.1) is 18.1 Å². The van der Waals surface area contributed by atoms with Crippen molar-refractivity contribution in [3.05, 3.63) is 76.6 Å². The van der Waals surface area contributed by atoms with E-state index < -0.39 is 0 Å². The van der Waals surface area contributed by atoms with Gasteiger partial charge < -0.3 is 19.5 Å². The van der Waals surface area contributed by atoms with E-state index in [1.54, 1.807) is 6.34 Å². The maximum Gasteiger partial charge on any atom is 1.00 e. The molecule has 30 heavy (non-hydrogen) atoms. The Hall–Kier alpha value is -1.26. The number of benzene rings is 1. The summed E-state index contributed by atoms with van der Waals surface area (Å²) < 4.78 is 11.5. The number of aromatic nitrogens is 2. The normalized spacial score (nSPS) is 21.1. The van der Waals surface area contributed by atoms with Crippen LogP contribution < -0.4 is 56.7 Å². The van der Waals surface area contributed by atoms with Gasteiger partial charge in [0, 0.05) is 18.1 Å². The third kappa shape index (κ3) is 4.50. The topological polar surface area (TPSA) is 75.8 Å². The zero-order chi connectivity index (χ0) is 19.8. The maximum absolute atomic E-state index is 5.96. The summed E-state index contributed by atoms with van der Waals surface area (Å²) in [5.41, 5.74) is 5.68. The molecule has 1 atom stereocenters. The molecule has 0 amide bonds. The van der Waals surface area contributed by atoms with Crippen LogP contribution in [0.4, 0.5) is 0 Å². The molecule has 0 bridgehead atoms. The fraction of sp³-hybridized carbons (Fsp3) is 0.364. The summed E-state index contributed by atoms with van der Waals surface area (Å²) in [6.07, 6.45) is 3.57. The van der Waals surface area contributed by atoms with Gasteiger partial charge in [-0.3, -0.25) is 5.92 Å². The first-order valence-electron chi connectivity index (χ1n) is 9.96. The third-order valence-corrected chi connectivity index (χ3v) is 5.67. The second kappa shape index (κ2) is 9.48. The van der Waals surface area contributed by atoms with E-state index in [0.717, 1.165) is 43.2 Å². The van der Waals surface area contributed by atoms with Crippen molar-refractivity contribution in [3.8, 4) is 0 Å². The molecule has 1 fully saturated rings. The van der Waals surface area contributed by atoms with Gasteiger partial charge in [-0.1, -0.05) is 48.2 Å². The molecule has 0 radical (unpaired) electrons. The van der Waals surface area contributed by atoms with E-state index in [9.17, 15) is 0 Å². The van der Waals surface area contributed by atoms with E-state index in [0.29, 0.717) is 24.9 Å². The van der Waals surface area contributed by atoms with Crippen LogP contribution in [-0.4, -0.2) is 41.1 Å². The van der Waals surface area contributed by atoms with E-state index in [1.807, 2.05) is 4.90 Å². The Morgan fingerprint density at radius 1 is 1.30 bits per heavy atom. The molecule has 0 aliphatic carbocycles. The van der Waals surface area contributed by atoms with Gasteiger partial charge in [0.2, 0.25) is 5.89 Å². The monoisotopic (exact) mass is 429 g/mol. The number of rotatable bonds is 4. The summed E-state index contributed by atoms with van der Waals surface area (Å²) in [7, 11) is 0. The van der Waals surface area contributed by atoms with Crippen LogP contribution in [0.2, 0.25) is 0 Å². The zero-order valence-electron chi connectivity index (χ0n) is 17.5. The third-order valence-electron chi connectivity index (χ3n) is 5.67. The van der Waals surface area contributed by atoms with Crippen LogP contribution in [0.15, 0.2) is 57.3 Å². The van der Waals surface area contributed by atoms with Gasteiger partial charge in [-0.05, 0) is 31.0 Å². The average Bonchev–Trinajstić information content (AvgIpc) is 3.41. The quantitative estimate of drug-likeness (QED) is 0.548. The summed E-state index contributed by atoms with van der Waals surface area (Å²) >= 11 is 0. The summed E-state index contributed by atoms with van der Waals surface area (Å²) in [6, 6.07) is 8.46. The molecule has 150 valence electrons. The van der Waals surface area contributed by atoms with Crippen molar-refractivity contribution in [1.29, 1.82) is 0 Å². The van der Waals surface area contributed by atoms with Gasteiger partial charge in [-0.15, -0.1) is 6.42 Å².